The number of anilines is 1. The lowest BCUT2D eigenvalue weighted by molar-refractivity contribution is 0.0636. The highest BCUT2D eigenvalue weighted by Crippen LogP contribution is 2.33. The number of rotatable bonds is 4. The number of ether oxygens (including phenoxy) is 1. The van der Waals surface area contributed by atoms with Gasteiger partial charge in [-0.1, -0.05) is 6.42 Å². The van der Waals surface area contributed by atoms with Gasteiger partial charge < -0.3 is 4.74 Å². The summed E-state index contributed by atoms with van der Waals surface area (Å²) in [5.41, 5.74) is 1.24. The zero-order valence-corrected chi connectivity index (χ0v) is 13.1. The first-order chi connectivity index (χ1) is 9.42. The molecule has 0 radical (unpaired) electrons. The van der Waals surface area contributed by atoms with Crippen molar-refractivity contribution in [2.75, 3.05) is 5.32 Å². The lowest BCUT2D eigenvalue weighted by atomic mass is 10.0. The number of carbonyl (C=O) groups is 1. The molecule has 2 rings (SSSR count). The average Bonchev–Trinajstić information content (AvgIpc) is 2.24. The third kappa shape index (κ3) is 5.04. The van der Waals surface area contributed by atoms with Crippen molar-refractivity contribution in [3.05, 3.63) is 24.0 Å². The Morgan fingerprint density at radius 1 is 1.50 bits per heavy atom. The molecule has 1 aliphatic carbocycles. The standard InChI is InChI=1S/C15H22N2O2S/c1-15(2,3)19-14(18)17-11-7-8-16-12(9-11)10-20-13-5-4-6-13/h7-9,13H,4-6,10H2,1-3H3,(H,16,17,18). The molecule has 1 heterocycles. The summed E-state index contributed by atoms with van der Waals surface area (Å²) in [6.07, 6.45) is 5.29. The summed E-state index contributed by atoms with van der Waals surface area (Å²) < 4.78 is 5.23. The van der Waals surface area contributed by atoms with Gasteiger partial charge in [0.25, 0.3) is 0 Å². The Bertz CT molecular complexity index is 467. The molecule has 1 aliphatic rings. The molecule has 110 valence electrons. The number of aromatic nitrogens is 1. The van der Waals surface area contributed by atoms with Crippen LogP contribution in [0.4, 0.5) is 10.5 Å². The van der Waals surface area contributed by atoms with E-state index in [2.05, 4.69) is 10.3 Å². The second-order valence-corrected chi connectivity index (χ2v) is 7.32. The van der Waals surface area contributed by atoms with Gasteiger partial charge in [-0.25, -0.2) is 4.79 Å². The predicted molar refractivity (Wildman–Crippen MR) is 83.0 cm³/mol. The molecule has 0 atom stereocenters. The molecule has 0 unspecified atom stereocenters. The monoisotopic (exact) mass is 294 g/mol. The van der Waals surface area contributed by atoms with E-state index < -0.39 is 11.7 Å². The van der Waals surface area contributed by atoms with Gasteiger partial charge in [0.1, 0.15) is 5.60 Å². The normalized spacial score (nSPS) is 15.6. The molecular weight excluding hydrogens is 272 g/mol. The van der Waals surface area contributed by atoms with E-state index in [0.717, 1.165) is 22.4 Å². The zero-order chi connectivity index (χ0) is 14.6. The summed E-state index contributed by atoms with van der Waals surface area (Å²) in [4.78, 5) is 16.0. The van der Waals surface area contributed by atoms with Gasteiger partial charge in [0.05, 0.1) is 5.69 Å². The fourth-order valence-corrected chi connectivity index (χ4v) is 3.03. The van der Waals surface area contributed by atoms with Crippen molar-refractivity contribution in [2.45, 2.75) is 56.6 Å². The number of hydrogen-bond acceptors (Lipinski definition) is 4. The highest BCUT2D eigenvalue weighted by Gasteiger charge is 2.18. The van der Waals surface area contributed by atoms with E-state index in [1.54, 1.807) is 12.3 Å². The zero-order valence-electron chi connectivity index (χ0n) is 12.3. The second-order valence-electron chi connectivity index (χ2n) is 6.03. The van der Waals surface area contributed by atoms with Gasteiger partial charge >= 0.3 is 6.09 Å². The Balaban J connectivity index is 1.86. The molecule has 4 nitrogen and oxygen atoms in total. The van der Waals surface area contributed by atoms with Crippen LogP contribution in [0.3, 0.4) is 0 Å². The van der Waals surface area contributed by atoms with Crippen molar-refractivity contribution >= 4 is 23.5 Å². The highest BCUT2D eigenvalue weighted by atomic mass is 32.2. The van der Waals surface area contributed by atoms with E-state index in [9.17, 15) is 4.79 Å². The van der Waals surface area contributed by atoms with Crippen molar-refractivity contribution in [1.29, 1.82) is 0 Å². The average molecular weight is 294 g/mol. The fraction of sp³-hybridized carbons (Fsp3) is 0.600. The molecule has 1 fully saturated rings. The first-order valence-electron chi connectivity index (χ1n) is 6.99. The van der Waals surface area contributed by atoms with Gasteiger partial charge in [-0.05, 0) is 45.7 Å². The van der Waals surface area contributed by atoms with Crippen molar-refractivity contribution in [3.8, 4) is 0 Å². The van der Waals surface area contributed by atoms with Crippen LogP contribution in [0.2, 0.25) is 0 Å². The SMILES string of the molecule is CC(C)(C)OC(=O)Nc1ccnc(CSC2CCC2)c1. The van der Waals surface area contributed by atoms with Crippen molar-refractivity contribution < 1.29 is 9.53 Å². The van der Waals surface area contributed by atoms with Crippen LogP contribution >= 0.6 is 11.8 Å². The summed E-state index contributed by atoms with van der Waals surface area (Å²) in [7, 11) is 0. The van der Waals surface area contributed by atoms with Crippen LogP contribution in [0.25, 0.3) is 0 Å². The van der Waals surface area contributed by atoms with E-state index in [1.807, 2.05) is 38.6 Å². The second kappa shape index (κ2) is 6.48. The molecule has 0 saturated heterocycles. The van der Waals surface area contributed by atoms with E-state index in [4.69, 9.17) is 4.74 Å². The first-order valence-corrected chi connectivity index (χ1v) is 8.04. The number of nitrogens with one attached hydrogen (secondary N) is 1. The fourth-order valence-electron chi connectivity index (χ4n) is 1.80. The van der Waals surface area contributed by atoms with Crippen LogP contribution in [0.1, 0.15) is 45.7 Å². The molecule has 1 aromatic rings. The minimum atomic E-state index is -0.486. The van der Waals surface area contributed by atoms with Crippen LogP contribution in [0, 0.1) is 0 Å². The van der Waals surface area contributed by atoms with Crippen LogP contribution in [0.5, 0.6) is 0 Å². The number of thioether (sulfide) groups is 1. The third-order valence-corrected chi connectivity index (χ3v) is 4.39. The van der Waals surface area contributed by atoms with Gasteiger partial charge in [0.2, 0.25) is 0 Å². The number of carbonyl (C=O) groups excluding carboxylic acids is 1. The first kappa shape index (κ1) is 15.2. The molecule has 1 amide bonds. The van der Waals surface area contributed by atoms with E-state index in [0.29, 0.717) is 0 Å². The highest BCUT2D eigenvalue weighted by molar-refractivity contribution is 7.99. The van der Waals surface area contributed by atoms with Gasteiger partial charge in [0, 0.05) is 22.9 Å². The molecule has 0 aromatic carbocycles. The summed E-state index contributed by atoms with van der Waals surface area (Å²) >= 11 is 1.95. The molecule has 20 heavy (non-hydrogen) atoms. The number of hydrogen-bond donors (Lipinski definition) is 1. The molecule has 1 saturated carbocycles. The molecular formula is C15H22N2O2S. The predicted octanol–water partition coefficient (Wildman–Crippen LogP) is 4.21. The van der Waals surface area contributed by atoms with Gasteiger partial charge in [-0.15, -0.1) is 0 Å². The lowest BCUT2D eigenvalue weighted by Crippen LogP contribution is -2.27. The minimum Gasteiger partial charge on any atom is -0.444 e. The maximum absolute atomic E-state index is 11.7. The Morgan fingerprint density at radius 2 is 2.25 bits per heavy atom. The maximum Gasteiger partial charge on any atom is 0.412 e. The third-order valence-electron chi connectivity index (χ3n) is 2.98. The summed E-state index contributed by atoms with van der Waals surface area (Å²) in [6.45, 7) is 5.54. The van der Waals surface area contributed by atoms with Gasteiger partial charge in [-0.3, -0.25) is 10.3 Å². The van der Waals surface area contributed by atoms with Gasteiger partial charge in [0.15, 0.2) is 0 Å². The Labute approximate surface area is 124 Å². The number of amides is 1. The van der Waals surface area contributed by atoms with Crippen molar-refractivity contribution in [2.24, 2.45) is 0 Å². The lowest BCUT2D eigenvalue weighted by Gasteiger charge is -2.24. The summed E-state index contributed by atoms with van der Waals surface area (Å²) in [6, 6.07) is 3.69. The summed E-state index contributed by atoms with van der Waals surface area (Å²) in [5, 5.41) is 3.54. The number of nitrogens with zero attached hydrogens (tertiary/aromatic N) is 1. The molecule has 1 N–H and O–H groups in total. The molecule has 0 bridgehead atoms. The number of pyridine rings is 1. The van der Waals surface area contributed by atoms with Crippen LogP contribution in [-0.2, 0) is 10.5 Å². The molecule has 0 spiro atoms. The Morgan fingerprint density at radius 3 is 2.85 bits per heavy atom. The summed E-state index contributed by atoms with van der Waals surface area (Å²) in [5.74, 6) is 0.897. The quantitative estimate of drug-likeness (QED) is 0.903. The van der Waals surface area contributed by atoms with Crippen LogP contribution in [-0.4, -0.2) is 21.9 Å². The molecule has 5 heteroatoms. The van der Waals surface area contributed by atoms with E-state index in [-0.39, 0.29) is 0 Å². The van der Waals surface area contributed by atoms with Crippen LogP contribution in [0.15, 0.2) is 18.3 Å². The smallest absolute Gasteiger partial charge is 0.412 e. The van der Waals surface area contributed by atoms with Crippen molar-refractivity contribution in [3.63, 3.8) is 0 Å². The molecule has 1 aromatic heterocycles. The molecule has 0 aliphatic heterocycles. The maximum atomic E-state index is 11.7. The largest absolute Gasteiger partial charge is 0.444 e. The Hall–Kier alpha value is -1.23. The van der Waals surface area contributed by atoms with Crippen molar-refractivity contribution in [1.82, 2.24) is 4.98 Å². The van der Waals surface area contributed by atoms with Crippen LogP contribution < -0.4 is 5.32 Å². The minimum absolute atomic E-state index is 0.429. The van der Waals surface area contributed by atoms with E-state index >= 15 is 0 Å². The van der Waals surface area contributed by atoms with Gasteiger partial charge in [-0.2, -0.15) is 11.8 Å². The van der Waals surface area contributed by atoms with E-state index in [1.165, 1.54) is 19.3 Å². The Kier molecular flexibility index (Phi) is 4.91. The topological polar surface area (TPSA) is 51.2 Å².